The van der Waals surface area contributed by atoms with Gasteiger partial charge in [0.1, 0.15) is 12.4 Å². The number of aliphatic hydroxyl groups excluding tert-OH is 1. The Morgan fingerprint density at radius 3 is 2.71 bits per heavy atom. The predicted octanol–water partition coefficient (Wildman–Crippen LogP) is 4.39. The summed E-state index contributed by atoms with van der Waals surface area (Å²) in [6.07, 6.45) is 5.19. The second-order valence-corrected chi connectivity index (χ2v) is 9.92. The second-order valence-electron chi connectivity index (χ2n) is 8.71. The maximum atomic E-state index is 13.6. The maximum Gasteiger partial charge on any atom is 0.290 e. The van der Waals surface area contributed by atoms with Crippen LogP contribution < -0.4 is 4.74 Å². The van der Waals surface area contributed by atoms with Crippen LogP contribution in [0.25, 0.3) is 0 Å². The highest BCUT2D eigenvalue weighted by atomic mass is 32.1. The maximum absolute atomic E-state index is 13.6. The largest absolute Gasteiger partial charge is 0.503 e. The molecule has 7 nitrogen and oxygen atoms in total. The average molecular weight is 482 g/mol. The van der Waals surface area contributed by atoms with Crippen LogP contribution in [0.15, 0.2) is 48.3 Å². The van der Waals surface area contributed by atoms with E-state index in [1.165, 1.54) is 17.8 Å². The van der Waals surface area contributed by atoms with Gasteiger partial charge in [-0.2, -0.15) is 0 Å². The molecule has 4 rings (SSSR count). The fraction of sp³-hybridized carbons (Fsp3) is 0.423. The number of carbonyl (C=O) groups excluding carboxylic acids is 2. The van der Waals surface area contributed by atoms with Gasteiger partial charge in [-0.1, -0.05) is 31.2 Å². The van der Waals surface area contributed by atoms with E-state index in [0.29, 0.717) is 36.0 Å². The first-order chi connectivity index (χ1) is 16.4. The van der Waals surface area contributed by atoms with Crippen LogP contribution in [0.5, 0.6) is 5.75 Å². The fourth-order valence-electron chi connectivity index (χ4n) is 4.69. The van der Waals surface area contributed by atoms with Crippen LogP contribution in [0, 0.1) is 13.8 Å². The lowest BCUT2D eigenvalue weighted by atomic mass is 9.95. The zero-order valence-electron chi connectivity index (χ0n) is 19.7. The van der Waals surface area contributed by atoms with Gasteiger partial charge >= 0.3 is 0 Å². The summed E-state index contributed by atoms with van der Waals surface area (Å²) in [4.78, 5) is 35.7. The molecule has 2 aliphatic heterocycles. The smallest absolute Gasteiger partial charge is 0.290 e. The highest BCUT2D eigenvalue weighted by Gasteiger charge is 2.44. The summed E-state index contributed by atoms with van der Waals surface area (Å²) in [6, 6.07) is 6.65. The van der Waals surface area contributed by atoms with E-state index in [-0.39, 0.29) is 11.4 Å². The summed E-state index contributed by atoms with van der Waals surface area (Å²) in [5, 5.41) is 11.7. The van der Waals surface area contributed by atoms with E-state index in [9.17, 15) is 14.7 Å². The van der Waals surface area contributed by atoms with Crippen LogP contribution in [0.4, 0.5) is 0 Å². The van der Waals surface area contributed by atoms with Gasteiger partial charge in [0.15, 0.2) is 5.76 Å². The van der Waals surface area contributed by atoms with Gasteiger partial charge in [-0.15, -0.1) is 11.3 Å². The van der Waals surface area contributed by atoms with E-state index in [1.54, 1.807) is 17.9 Å². The van der Waals surface area contributed by atoms with Crippen molar-refractivity contribution < 1.29 is 19.4 Å². The van der Waals surface area contributed by atoms with E-state index in [1.807, 2.05) is 31.2 Å². The quantitative estimate of drug-likeness (QED) is 0.423. The van der Waals surface area contributed by atoms with Crippen LogP contribution in [0.2, 0.25) is 0 Å². The zero-order valence-corrected chi connectivity index (χ0v) is 20.6. The number of hydrogen-bond donors (Lipinski definition) is 1. The number of aromatic nitrogens is 1. The first kappa shape index (κ1) is 24.2. The normalized spacial score (nSPS) is 19.1. The number of aliphatic hydroxyl groups is 1. The molecule has 1 saturated heterocycles. The van der Waals surface area contributed by atoms with E-state index >= 15 is 0 Å². The molecule has 8 heteroatoms. The summed E-state index contributed by atoms with van der Waals surface area (Å²) in [5.74, 6) is -0.723. The summed E-state index contributed by atoms with van der Waals surface area (Å²) >= 11 is 1.28. The molecule has 1 unspecified atom stereocenters. The number of benzene rings is 1. The number of Topliss-reactive ketones (excluding diaryl/α,β-unsaturated/α-hetero) is 1. The van der Waals surface area contributed by atoms with Gasteiger partial charge in [-0.05, 0) is 57.5 Å². The lowest BCUT2D eigenvalue weighted by Gasteiger charge is -2.31. The van der Waals surface area contributed by atoms with Crippen molar-refractivity contribution >= 4 is 23.0 Å². The van der Waals surface area contributed by atoms with Crippen molar-refractivity contribution in [3.63, 3.8) is 0 Å². The van der Waals surface area contributed by atoms with Gasteiger partial charge in [0, 0.05) is 13.1 Å². The van der Waals surface area contributed by atoms with Crippen molar-refractivity contribution in [1.29, 1.82) is 0 Å². The number of nitrogens with zero attached hydrogens (tertiary/aromatic N) is 3. The number of ether oxygens (including phenoxy) is 1. The van der Waals surface area contributed by atoms with Crippen LogP contribution in [0.3, 0.4) is 0 Å². The molecule has 1 aromatic carbocycles. The summed E-state index contributed by atoms with van der Waals surface area (Å²) in [6.45, 7) is 10.8. The van der Waals surface area contributed by atoms with Crippen molar-refractivity contribution in [3.05, 3.63) is 69.4 Å². The van der Waals surface area contributed by atoms with Crippen LogP contribution in [-0.4, -0.2) is 64.4 Å². The second kappa shape index (κ2) is 10.5. The summed E-state index contributed by atoms with van der Waals surface area (Å²) in [5.41, 5.74) is 1.44. The number of rotatable bonds is 9. The Labute approximate surface area is 204 Å². The fourth-order valence-corrected chi connectivity index (χ4v) is 5.56. The minimum atomic E-state index is -0.695. The molecule has 1 atom stereocenters. The lowest BCUT2D eigenvalue weighted by Crippen LogP contribution is -2.40. The molecule has 0 bridgehead atoms. The Hall–Kier alpha value is -2.97. The molecule has 0 aliphatic carbocycles. The molecule has 0 saturated carbocycles. The number of ketones is 1. The highest BCUT2D eigenvalue weighted by molar-refractivity contribution is 7.14. The third kappa shape index (κ3) is 4.93. The van der Waals surface area contributed by atoms with Crippen molar-refractivity contribution in [2.45, 2.75) is 39.2 Å². The standard InChI is InChI=1S/C26H31N3O4S/c1-4-15-33-20-10-8-9-19(16-20)22-21(23(30)25-17(2)27-18(3)34-25)24(31)26(32)29(22)14-13-28-11-6-5-7-12-28/h4,8-10,16,22,31H,1,5-7,11-15H2,2-3H3. The Bertz CT molecular complexity index is 1120. The Kier molecular flexibility index (Phi) is 7.48. The van der Waals surface area contributed by atoms with Gasteiger partial charge in [-0.25, -0.2) is 4.98 Å². The SMILES string of the molecule is C=CCOc1cccc(C2C(C(=O)c3sc(C)nc3C)=C(O)C(=O)N2CCN2CCCCC2)c1. The van der Waals surface area contributed by atoms with Crippen molar-refractivity contribution in [2.24, 2.45) is 0 Å². The number of likely N-dealkylation sites (tertiary alicyclic amines) is 1. The van der Waals surface area contributed by atoms with Gasteiger partial charge in [0.25, 0.3) is 5.91 Å². The third-order valence-corrected chi connectivity index (χ3v) is 7.38. The minimum Gasteiger partial charge on any atom is -0.503 e. The number of piperidine rings is 1. The first-order valence-corrected chi connectivity index (χ1v) is 12.5. The molecule has 0 spiro atoms. The number of carbonyl (C=O) groups is 2. The van der Waals surface area contributed by atoms with Crippen LogP contribution >= 0.6 is 11.3 Å². The molecule has 34 heavy (non-hydrogen) atoms. The van der Waals surface area contributed by atoms with Gasteiger partial charge < -0.3 is 19.6 Å². The molecule has 3 heterocycles. The van der Waals surface area contributed by atoms with Crippen LogP contribution in [0.1, 0.15) is 51.2 Å². The van der Waals surface area contributed by atoms with Gasteiger partial charge in [0.05, 0.1) is 27.2 Å². The highest BCUT2D eigenvalue weighted by Crippen LogP contribution is 2.40. The number of hydrogen-bond acceptors (Lipinski definition) is 7. The zero-order chi connectivity index (χ0) is 24.2. The topological polar surface area (TPSA) is 83.0 Å². The Balaban J connectivity index is 1.70. The predicted molar refractivity (Wildman–Crippen MR) is 132 cm³/mol. The first-order valence-electron chi connectivity index (χ1n) is 11.7. The molecule has 1 N–H and O–H groups in total. The van der Waals surface area contributed by atoms with Crippen molar-refractivity contribution in [1.82, 2.24) is 14.8 Å². The number of thiazole rings is 1. The van der Waals surface area contributed by atoms with E-state index in [0.717, 1.165) is 36.5 Å². The van der Waals surface area contributed by atoms with Crippen molar-refractivity contribution in [3.8, 4) is 5.75 Å². The van der Waals surface area contributed by atoms with Crippen molar-refractivity contribution in [2.75, 3.05) is 32.8 Å². The third-order valence-electron chi connectivity index (χ3n) is 6.31. The molecule has 0 radical (unpaired) electrons. The van der Waals surface area contributed by atoms with E-state index < -0.39 is 17.7 Å². The monoisotopic (exact) mass is 481 g/mol. The molecule has 1 amide bonds. The summed E-state index contributed by atoms with van der Waals surface area (Å²) < 4.78 is 5.70. The minimum absolute atomic E-state index is 0.108. The molecule has 2 aromatic rings. The Morgan fingerprint density at radius 1 is 1.26 bits per heavy atom. The Morgan fingerprint density at radius 2 is 2.03 bits per heavy atom. The number of amides is 1. The van der Waals surface area contributed by atoms with Crippen LogP contribution in [-0.2, 0) is 4.79 Å². The molecule has 180 valence electrons. The average Bonchev–Trinajstić information content (AvgIpc) is 3.31. The molecule has 2 aliphatic rings. The summed E-state index contributed by atoms with van der Waals surface area (Å²) in [7, 11) is 0. The van der Waals surface area contributed by atoms with Gasteiger partial charge in [-0.3, -0.25) is 9.59 Å². The molecular weight excluding hydrogens is 450 g/mol. The van der Waals surface area contributed by atoms with E-state index in [2.05, 4.69) is 16.5 Å². The van der Waals surface area contributed by atoms with E-state index in [4.69, 9.17) is 4.74 Å². The van der Waals surface area contributed by atoms with Gasteiger partial charge in [0.2, 0.25) is 5.78 Å². The molecule has 1 aromatic heterocycles. The number of aryl methyl sites for hydroxylation is 2. The molecular formula is C26H31N3O4S. The molecule has 1 fully saturated rings. The lowest BCUT2D eigenvalue weighted by molar-refractivity contribution is -0.129.